The van der Waals surface area contributed by atoms with Crippen molar-refractivity contribution in [3.63, 3.8) is 0 Å². The van der Waals surface area contributed by atoms with E-state index in [1.807, 2.05) is 44.2 Å². The molecule has 0 aliphatic heterocycles. The number of alkyl carbamates (subject to hydrolysis) is 1. The first-order chi connectivity index (χ1) is 24.4. The highest BCUT2D eigenvalue weighted by molar-refractivity contribution is 8.13. The van der Waals surface area contributed by atoms with E-state index in [0.717, 1.165) is 47.6 Å². The highest BCUT2D eigenvalue weighted by atomic mass is 32.2. The molecule has 2 aromatic carbocycles. The van der Waals surface area contributed by atoms with E-state index in [1.165, 1.54) is 24.6 Å². The Kier molecular flexibility index (Phi) is 18.0. The first-order valence-electron chi connectivity index (χ1n) is 18.7. The van der Waals surface area contributed by atoms with Gasteiger partial charge in [-0.1, -0.05) is 132 Å². The molecule has 0 unspecified atom stereocenters. The quantitative estimate of drug-likeness (QED) is 0.0419. The lowest BCUT2D eigenvalue weighted by Gasteiger charge is -2.23. The minimum atomic E-state index is -1.40. The van der Waals surface area contributed by atoms with Gasteiger partial charge < -0.3 is 19.5 Å². The topological polar surface area (TPSA) is 108 Å². The van der Waals surface area contributed by atoms with Crippen LogP contribution < -0.4 is 5.32 Å². The molecule has 280 valence electrons. The smallest absolute Gasteiger partial charge is 0.407 e. The molecule has 1 aliphatic rings. The number of ether oxygens (including phenoxy) is 3. The average molecular weight is 738 g/mol. The van der Waals surface area contributed by atoms with Crippen molar-refractivity contribution in [3.05, 3.63) is 71.8 Å². The molecule has 0 spiro atoms. The summed E-state index contributed by atoms with van der Waals surface area (Å²) in [6.07, 6.45) is 8.83. The molecule has 10 heteroatoms. The second kappa shape index (κ2) is 21.9. The number of carbonyl (C=O) groups excluding carboxylic acids is 4. The maximum Gasteiger partial charge on any atom is 0.407 e. The number of unbranched alkanes of at least 4 members (excludes halogenated alkanes) is 4. The molecule has 0 radical (unpaired) electrons. The predicted molar refractivity (Wildman–Crippen MR) is 210 cm³/mol. The van der Waals surface area contributed by atoms with Crippen LogP contribution in [0.4, 0.5) is 4.79 Å². The minimum Gasteiger partial charge on any atom is -0.466 e. The van der Waals surface area contributed by atoms with E-state index in [9.17, 15) is 19.2 Å². The van der Waals surface area contributed by atoms with Gasteiger partial charge in [-0.3, -0.25) is 9.59 Å². The van der Waals surface area contributed by atoms with Crippen molar-refractivity contribution in [1.29, 1.82) is 0 Å². The van der Waals surface area contributed by atoms with Crippen LogP contribution in [0.15, 0.2) is 60.7 Å². The second-order valence-corrected chi connectivity index (χ2v) is 21.7. The minimum absolute atomic E-state index is 0.0677. The molecule has 0 saturated heterocycles. The number of carbonyl (C=O) groups is 4. The van der Waals surface area contributed by atoms with Gasteiger partial charge in [0, 0.05) is 26.2 Å². The van der Waals surface area contributed by atoms with Crippen LogP contribution >= 0.6 is 11.8 Å². The van der Waals surface area contributed by atoms with E-state index in [-0.39, 0.29) is 30.0 Å². The van der Waals surface area contributed by atoms with Crippen LogP contribution in [-0.2, 0) is 28.6 Å². The average Bonchev–Trinajstić information content (AvgIpc) is 3.39. The zero-order valence-corrected chi connectivity index (χ0v) is 33.4. The summed E-state index contributed by atoms with van der Waals surface area (Å²) in [6, 6.07) is 16.1. The lowest BCUT2D eigenvalue weighted by molar-refractivity contribution is -0.154. The van der Waals surface area contributed by atoms with Gasteiger partial charge in [-0.05, 0) is 59.6 Å². The molecule has 0 saturated carbocycles. The van der Waals surface area contributed by atoms with Gasteiger partial charge >= 0.3 is 18.0 Å². The number of amides is 1. The van der Waals surface area contributed by atoms with Crippen molar-refractivity contribution in [2.24, 2.45) is 5.92 Å². The fraction of sp³-hybridized carbons (Fsp3) is 0.561. The highest BCUT2D eigenvalue weighted by Crippen LogP contribution is 2.44. The van der Waals surface area contributed by atoms with E-state index in [2.05, 4.69) is 56.1 Å². The van der Waals surface area contributed by atoms with Crippen LogP contribution in [0.1, 0.15) is 95.6 Å². The molecule has 2 atom stereocenters. The molecule has 1 aliphatic carbocycles. The maximum atomic E-state index is 13.6. The van der Waals surface area contributed by atoms with Gasteiger partial charge in [0.1, 0.15) is 18.8 Å². The van der Waals surface area contributed by atoms with E-state index in [0.29, 0.717) is 31.6 Å². The Morgan fingerprint density at radius 3 is 2.18 bits per heavy atom. The largest absolute Gasteiger partial charge is 0.466 e. The Hall–Kier alpha value is -3.37. The Labute approximate surface area is 310 Å². The summed E-state index contributed by atoms with van der Waals surface area (Å²) in [5.41, 5.74) is 4.45. The number of benzene rings is 2. The molecule has 2 aromatic rings. The van der Waals surface area contributed by atoms with Crippen molar-refractivity contribution >= 4 is 43.0 Å². The second-order valence-electron chi connectivity index (χ2n) is 15.0. The highest BCUT2D eigenvalue weighted by Gasteiger charge is 2.31. The Bertz CT molecular complexity index is 1410. The van der Waals surface area contributed by atoms with Crippen molar-refractivity contribution in [3.8, 4) is 11.1 Å². The van der Waals surface area contributed by atoms with Crippen LogP contribution in [0.25, 0.3) is 11.1 Å². The van der Waals surface area contributed by atoms with Gasteiger partial charge in [0.25, 0.3) is 0 Å². The monoisotopic (exact) mass is 737 g/mol. The Morgan fingerprint density at radius 2 is 1.55 bits per heavy atom. The summed E-state index contributed by atoms with van der Waals surface area (Å²) in [5, 5.41) is 2.92. The van der Waals surface area contributed by atoms with E-state index < -0.39 is 38.3 Å². The van der Waals surface area contributed by atoms with Crippen LogP contribution in [0.5, 0.6) is 0 Å². The zero-order valence-electron chi connectivity index (χ0n) is 31.5. The summed E-state index contributed by atoms with van der Waals surface area (Å²) >= 11 is 1.31. The molecule has 3 rings (SSSR count). The molecule has 0 fully saturated rings. The van der Waals surface area contributed by atoms with Crippen molar-refractivity contribution in [2.75, 3.05) is 19.0 Å². The summed E-state index contributed by atoms with van der Waals surface area (Å²) in [7, 11) is -1.40. The van der Waals surface area contributed by atoms with Crippen molar-refractivity contribution in [1.82, 2.24) is 5.32 Å². The number of allylic oxidation sites excluding steroid dienone is 1. The number of fused-ring (bicyclic) bond motifs is 3. The van der Waals surface area contributed by atoms with Crippen LogP contribution in [0, 0.1) is 5.92 Å². The van der Waals surface area contributed by atoms with E-state index >= 15 is 0 Å². The van der Waals surface area contributed by atoms with Crippen LogP contribution in [-0.4, -0.2) is 62.3 Å². The summed E-state index contributed by atoms with van der Waals surface area (Å²) in [5.74, 6) is -0.537. The first-order valence-corrected chi connectivity index (χ1v) is 23.4. The Balaban J connectivity index is 1.60. The lowest BCUT2D eigenvalue weighted by Crippen LogP contribution is -2.44. The van der Waals surface area contributed by atoms with Gasteiger partial charge in [0.05, 0.1) is 13.0 Å². The summed E-state index contributed by atoms with van der Waals surface area (Å²) in [4.78, 5) is 51.8. The van der Waals surface area contributed by atoms with Crippen molar-refractivity contribution in [2.45, 2.75) is 122 Å². The zero-order chi connectivity index (χ0) is 37.2. The van der Waals surface area contributed by atoms with Gasteiger partial charge in [0.2, 0.25) is 0 Å². The molecular weight excluding hydrogens is 679 g/mol. The van der Waals surface area contributed by atoms with Crippen LogP contribution in [0.2, 0.25) is 25.7 Å². The van der Waals surface area contributed by atoms with Gasteiger partial charge in [-0.2, -0.15) is 0 Å². The molecule has 0 heterocycles. The summed E-state index contributed by atoms with van der Waals surface area (Å²) < 4.78 is 17.1. The number of esters is 2. The molecule has 0 bridgehead atoms. The lowest BCUT2D eigenvalue weighted by atomic mass is 9.98. The molecule has 8 nitrogen and oxygen atoms in total. The van der Waals surface area contributed by atoms with Gasteiger partial charge in [0.15, 0.2) is 5.12 Å². The summed E-state index contributed by atoms with van der Waals surface area (Å²) in [6.45, 7) is 13.2. The molecular formula is C41H59NO7SSi. The Morgan fingerprint density at radius 1 is 0.902 bits per heavy atom. The normalized spacial score (nSPS) is 13.8. The number of hydrogen-bond donors (Lipinski definition) is 1. The van der Waals surface area contributed by atoms with Crippen molar-refractivity contribution < 1.29 is 33.4 Å². The fourth-order valence-electron chi connectivity index (χ4n) is 5.98. The molecule has 1 N–H and O–H groups in total. The van der Waals surface area contributed by atoms with E-state index in [4.69, 9.17) is 14.2 Å². The van der Waals surface area contributed by atoms with Gasteiger partial charge in [-0.15, -0.1) is 0 Å². The fourth-order valence-corrected chi connectivity index (χ4v) is 7.46. The number of nitrogens with one attached hydrogen (secondary N) is 1. The predicted octanol–water partition coefficient (Wildman–Crippen LogP) is 9.69. The maximum absolute atomic E-state index is 13.6. The standard InChI is InChI=1S/C41H59NO7SSi/c1-7-8-9-10-11-23-39(44)50-25-17-16-18-31(28-38(43)47-24-26-51(4,5)6)49-40(45)37(27-30(2)3)42-41(46)48-29-36-34-21-14-12-19-32(34)33-20-13-15-22-35(33)36/h12-16,18-22,30-31,36-37H,7-11,17,23-29H2,1-6H3,(H,42,46)/t31-,37+/m1/s1. The molecule has 1 amide bonds. The number of rotatable bonds is 22. The molecule has 51 heavy (non-hydrogen) atoms. The van der Waals surface area contributed by atoms with E-state index in [1.54, 1.807) is 6.08 Å². The van der Waals surface area contributed by atoms with Gasteiger partial charge in [-0.25, -0.2) is 9.59 Å². The van der Waals surface area contributed by atoms with Crippen LogP contribution in [0.3, 0.4) is 0 Å². The third-order valence-corrected chi connectivity index (χ3v) is 11.4. The number of thioether (sulfide) groups is 1. The first kappa shape index (κ1) is 42.0. The SMILES string of the molecule is CCCCCCCC(=O)SCCC=C[C@H](CC(=O)OCC[Si](C)(C)C)OC(=O)[C@H](CC(C)C)NC(=O)OCC1c2ccccc2-c2ccccc21. The molecule has 0 aromatic heterocycles. The third-order valence-electron chi connectivity index (χ3n) is 8.76. The third kappa shape index (κ3) is 15.4. The number of hydrogen-bond acceptors (Lipinski definition) is 8.